The fraction of sp³-hybridized carbons (Fsp3) is 0.240. The summed E-state index contributed by atoms with van der Waals surface area (Å²) < 4.78 is 44.5. The van der Waals surface area contributed by atoms with E-state index >= 15 is 0 Å². The summed E-state index contributed by atoms with van der Waals surface area (Å²) in [7, 11) is -3.63. The minimum Gasteiger partial charge on any atom is -0.492 e. The van der Waals surface area contributed by atoms with Crippen molar-refractivity contribution in [2.45, 2.75) is 13.0 Å². The third-order valence-corrected chi connectivity index (χ3v) is 6.13. The van der Waals surface area contributed by atoms with Gasteiger partial charge in [0, 0.05) is 48.0 Å². The van der Waals surface area contributed by atoms with Crippen LogP contribution in [0.2, 0.25) is 0 Å². The van der Waals surface area contributed by atoms with Gasteiger partial charge in [-0.1, -0.05) is 6.07 Å². The normalized spacial score (nSPS) is 12.6. The van der Waals surface area contributed by atoms with Gasteiger partial charge in [0.1, 0.15) is 18.2 Å². The number of halogens is 1. The molecule has 2 aromatic carbocycles. The van der Waals surface area contributed by atoms with Gasteiger partial charge in [0.2, 0.25) is 10.0 Å². The Hall–Kier alpha value is -3.47. The van der Waals surface area contributed by atoms with Gasteiger partial charge in [-0.05, 0) is 54.4 Å². The van der Waals surface area contributed by atoms with Gasteiger partial charge in [-0.25, -0.2) is 12.8 Å². The highest BCUT2D eigenvalue weighted by atomic mass is 32.2. The van der Waals surface area contributed by atoms with E-state index in [9.17, 15) is 17.9 Å². The Morgan fingerprint density at radius 1 is 1.20 bits per heavy atom. The molecule has 0 aliphatic carbocycles. The van der Waals surface area contributed by atoms with E-state index < -0.39 is 21.9 Å². The van der Waals surface area contributed by atoms with Crippen LogP contribution >= 0.6 is 0 Å². The fourth-order valence-electron chi connectivity index (χ4n) is 3.83. The fourth-order valence-corrected chi connectivity index (χ4v) is 4.39. The second-order valence-corrected chi connectivity index (χ2v) is 10.0. The van der Waals surface area contributed by atoms with Crippen LogP contribution in [0.1, 0.15) is 17.2 Å². The first-order valence-electron chi connectivity index (χ1n) is 11.0. The molecule has 2 heterocycles. The summed E-state index contributed by atoms with van der Waals surface area (Å²) >= 11 is 0. The van der Waals surface area contributed by atoms with Crippen molar-refractivity contribution in [1.82, 2.24) is 15.3 Å². The molecule has 1 atom stereocenters. The minimum absolute atomic E-state index is 0.191. The summed E-state index contributed by atoms with van der Waals surface area (Å²) in [6.45, 7) is 3.10. The number of benzene rings is 2. The Morgan fingerprint density at radius 2 is 2.03 bits per heavy atom. The Morgan fingerprint density at radius 3 is 2.77 bits per heavy atom. The van der Waals surface area contributed by atoms with E-state index in [-0.39, 0.29) is 12.2 Å². The van der Waals surface area contributed by atoms with Crippen molar-refractivity contribution in [2.24, 2.45) is 0 Å². The molecule has 0 saturated carbocycles. The molecule has 1 unspecified atom stereocenters. The SMILES string of the molecule is Cc1c(-c2cccnc2)[nH]c2cc(OCCNCC(O)c3ccc(F)c(NS(C)(=O)=O)c3)ccc12. The van der Waals surface area contributed by atoms with Crippen molar-refractivity contribution >= 4 is 26.6 Å². The number of anilines is 1. The van der Waals surface area contributed by atoms with Gasteiger partial charge in [-0.2, -0.15) is 0 Å². The van der Waals surface area contributed by atoms with Crippen LogP contribution in [0.3, 0.4) is 0 Å². The van der Waals surface area contributed by atoms with Crippen molar-refractivity contribution in [2.75, 3.05) is 30.7 Å². The summed E-state index contributed by atoms with van der Waals surface area (Å²) in [5, 5.41) is 14.6. The Bertz CT molecular complexity index is 1420. The third-order valence-electron chi connectivity index (χ3n) is 5.54. The van der Waals surface area contributed by atoms with E-state index in [4.69, 9.17) is 4.74 Å². The molecule has 0 spiro atoms. The molecule has 0 radical (unpaired) electrons. The van der Waals surface area contributed by atoms with Crippen LogP contribution in [-0.2, 0) is 10.0 Å². The average molecular weight is 499 g/mol. The summed E-state index contributed by atoms with van der Waals surface area (Å²) in [6.07, 6.45) is 3.56. The Balaban J connectivity index is 1.30. The summed E-state index contributed by atoms with van der Waals surface area (Å²) in [4.78, 5) is 7.63. The zero-order chi connectivity index (χ0) is 25.0. The van der Waals surface area contributed by atoms with Crippen LogP contribution < -0.4 is 14.8 Å². The van der Waals surface area contributed by atoms with Crippen molar-refractivity contribution in [3.8, 4) is 17.0 Å². The van der Waals surface area contributed by atoms with E-state index in [1.54, 1.807) is 6.20 Å². The standard InChI is InChI=1S/C25H27FN4O4S/c1-16-20-7-6-19(13-22(20)29-25(16)18-4-3-9-27-14-18)34-11-10-28-15-24(31)17-5-8-21(26)23(12-17)30-35(2,32)33/h3-9,12-14,24,28-31H,10-11,15H2,1-2H3. The van der Waals surface area contributed by atoms with Crippen LogP contribution in [0, 0.1) is 12.7 Å². The molecule has 35 heavy (non-hydrogen) atoms. The van der Waals surface area contributed by atoms with Gasteiger partial charge in [0.15, 0.2) is 0 Å². The molecule has 10 heteroatoms. The molecular weight excluding hydrogens is 471 g/mol. The van der Waals surface area contributed by atoms with Crippen LogP contribution in [0.15, 0.2) is 60.9 Å². The van der Waals surface area contributed by atoms with Crippen molar-refractivity contribution in [3.05, 3.63) is 77.9 Å². The smallest absolute Gasteiger partial charge is 0.229 e. The van der Waals surface area contributed by atoms with Crippen LogP contribution in [-0.4, -0.2) is 49.4 Å². The maximum absolute atomic E-state index is 13.8. The lowest BCUT2D eigenvalue weighted by Gasteiger charge is -2.14. The van der Waals surface area contributed by atoms with E-state index in [1.807, 2.05) is 36.5 Å². The molecule has 0 fully saturated rings. The Kier molecular flexibility index (Phi) is 7.34. The number of pyridine rings is 1. The van der Waals surface area contributed by atoms with Gasteiger partial charge in [-0.15, -0.1) is 0 Å². The average Bonchev–Trinajstić information content (AvgIpc) is 3.15. The zero-order valence-corrected chi connectivity index (χ0v) is 20.2. The van der Waals surface area contributed by atoms with Gasteiger partial charge in [0.05, 0.1) is 23.7 Å². The minimum atomic E-state index is -3.63. The number of aryl methyl sites for hydroxylation is 1. The van der Waals surface area contributed by atoms with Gasteiger partial charge >= 0.3 is 0 Å². The van der Waals surface area contributed by atoms with Crippen LogP contribution in [0.4, 0.5) is 10.1 Å². The second kappa shape index (κ2) is 10.4. The number of nitrogens with zero attached hydrogens (tertiary/aromatic N) is 1. The molecule has 0 bridgehead atoms. The molecule has 0 aliphatic rings. The molecule has 2 aromatic heterocycles. The number of H-pyrrole nitrogens is 1. The summed E-state index contributed by atoms with van der Waals surface area (Å²) in [5.74, 6) is 0.00313. The molecule has 4 N–H and O–H groups in total. The predicted octanol–water partition coefficient (Wildman–Crippen LogP) is 3.75. The summed E-state index contributed by atoms with van der Waals surface area (Å²) in [5.41, 5.74) is 4.35. The number of nitrogens with one attached hydrogen (secondary N) is 3. The van der Waals surface area contributed by atoms with E-state index in [0.29, 0.717) is 24.5 Å². The molecule has 4 aromatic rings. The van der Waals surface area contributed by atoms with Crippen molar-refractivity contribution in [1.29, 1.82) is 0 Å². The molecule has 0 amide bonds. The first-order chi connectivity index (χ1) is 16.7. The number of ether oxygens (including phenoxy) is 1. The van der Waals surface area contributed by atoms with Gasteiger partial charge < -0.3 is 20.1 Å². The van der Waals surface area contributed by atoms with E-state index in [1.165, 1.54) is 12.1 Å². The molecule has 0 aliphatic heterocycles. The van der Waals surface area contributed by atoms with Gasteiger partial charge in [0.25, 0.3) is 0 Å². The molecule has 0 saturated heterocycles. The molecule has 8 nitrogen and oxygen atoms in total. The quantitative estimate of drug-likeness (QED) is 0.248. The number of rotatable bonds is 10. The highest BCUT2D eigenvalue weighted by Gasteiger charge is 2.14. The van der Waals surface area contributed by atoms with Crippen molar-refractivity contribution < 1.29 is 22.7 Å². The molecule has 184 valence electrons. The van der Waals surface area contributed by atoms with E-state index in [0.717, 1.165) is 40.0 Å². The lowest BCUT2D eigenvalue weighted by Crippen LogP contribution is -2.26. The lowest BCUT2D eigenvalue weighted by atomic mass is 10.1. The molecule has 4 rings (SSSR count). The third kappa shape index (κ3) is 6.16. The van der Waals surface area contributed by atoms with Gasteiger partial charge in [-0.3, -0.25) is 9.71 Å². The van der Waals surface area contributed by atoms with Crippen LogP contribution in [0.5, 0.6) is 5.75 Å². The number of aliphatic hydroxyl groups excluding tert-OH is 1. The van der Waals surface area contributed by atoms with Crippen molar-refractivity contribution in [3.63, 3.8) is 0 Å². The largest absolute Gasteiger partial charge is 0.492 e. The number of hydrogen-bond donors (Lipinski definition) is 4. The second-order valence-electron chi connectivity index (χ2n) is 8.26. The number of sulfonamides is 1. The Labute approximate surface area is 203 Å². The van der Waals surface area contributed by atoms with Crippen LogP contribution in [0.25, 0.3) is 22.2 Å². The maximum Gasteiger partial charge on any atom is 0.229 e. The topological polar surface area (TPSA) is 116 Å². The maximum atomic E-state index is 13.8. The first-order valence-corrected chi connectivity index (χ1v) is 12.9. The number of fused-ring (bicyclic) bond motifs is 1. The van der Waals surface area contributed by atoms with E-state index in [2.05, 4.69) is 26.9 Å². The predicted molar refractivity (Wildman–Crippen MR) is 134 cm³/mol. The first kappa shape index (κ1) is 24.6. The highest BCUT2D eigenvalue weighted by molar-refractivity contribution is 7.92. The number of aromatic amines is 1. The summed E-state index contributed by atoms with van der Waals surface area (Å²) in [6, 6.07) is 13.6. The molecular formula is C25H27FN4O4S. The number of aromatic nitrogens is 2. The number of hydrogen-bond acceptors (Lipinski definition) is 6. The monoisotopic (exact) mass is 498 g/mol. The number of aliphatic hydroxyl groups is 1. The highest BCUT2D eigenvalue weighted by Crippen LogP contribution is 2.31. The zero-order valence-electron chi connectivity index (χ0n) is 19.4. The lowest BCUT2D eigenvalue weighted by molar-refractivity contribution is 0.172.